The lowest BCUT2D eigenvalue weighted by Gasteiger charge is -2.21. The molecule has 1 N–H and O–H groups in total. The topological polar surface area (TPSA) is 47.6 Å². The molecule has 0 atom stereocenters. The summed E-state index contributed by atoms with van der Waals surface area (Å²) in [5, 5.41) is 3.68. The minimum atomic E-state index is -0.235. The van der Waals surface area contributed by atoms with E-state index in [0.717, 1.165) is 31.7 Å². The van der Waals surface area contributed by atoms with E-state index in [4.69, 9.17) is 21.1 Å². The van der Waals surface area contributed by atoms with Gasteiger partial charge < -0.3 is 14.8 Å². The fourth-order valence-electron chi connectivity index (χ4n) is 1.92. The van der Waals surface area contributed by atoms with E-state index >= 15 is 0 Å². The van der Waals surface area contributed by atoms with Gasteiger partial charge in [-0.2, -0.15) is 0 Å². The van der Waals surface area contributed by atoms with E-state index in [1.54, 1.807) is 12.1 Å². The molecular formula is C14H18ClNO3. The number of anilines is 1. The van der Waals surface area contributed by atoms with Crippen molar-refractivity contribution in [2.75, 3.05) is 31.7 Å². The molecule has 5 heteroatoms. The summed E-state index contributed by atoms with van der Waals surface area (Å²) < 4.78 is 10.5. The molecule has 1 saturated heterocycles. The standard InChI is InChI=1S/C14H18ClNO3/c15-12-1-3-13(4-2-12)16-9-14(17)19-10-11-5-7-18-8-6-11/h1-4,11,16H,5-10H2. The van der Waals surface area contributed by atoms with Crippen LogP contribution in [0.15, 0.2) is 24.3 Å². The lowest BCUT2D eigenvalue weighted by atomic mass is 10.0. The third kappa shape index (κ3) is 5.09. The SMILES string of the molecule is O=C(CNc1ccc(Cl)cc1)OCC1CCOCC1. The first-order valence-electron chi connectivity index (χ1n) is 6.47. The van der Waals surface area contributed by atoms with Crippen LogP contribution in [0.1, 0.15) is 12.8 Å². The fraction of sp³-hybridized carbons (Fsp3) is 0.500. The van der Waals surface area contributed by atoms with Crippen LogP contribution >= 0.6 is 11.6 Å². The van der Waals surface area contributed by atoms with Crippen LogP contribution < -0.4 is 5.32 Å². The smallest absolute Gasteiger partial charge is 0.325 e. The Balaban J connectivity index is 1.65. The number of benzene rings is 1. The Kier molecular flexibility index (Phi) is 5.48. The molecule has 4 nitrogen and oxygen atoms in total. The summed E-state index contributed by atoms with van der Waals surface area (Å²) in [6.07, 6.45) is 1.94. The quantitative estimate of drug-likeness (QED) is 0.844. The minimum absolute atomic E-state index is 0.171. The van der Waals surface area contributed by atoms with Gasteiger partial charge in [-0.15, -0.1) is 0 Å². The predicted molar refractivity (Wildman–Crippen MR) is 74.4 cm³/mol. The Morgan fingerprint density at radius 2 is 2.00 bits per heavy atom. The molecule has 1 aromatic carbocycles. The highest BCUT2D eigenvalue weighted by molar-refractivity contribution is 6.30. The molecule has 1 heterocycles. The third-order valence-electron chi connectivity index (χ3n) is 3.10. The van der Waals surface area contributed by atoms with Crippen LogP contribution in [0.3, 0.4) is 0 Å². The van der Waals surface area contributed by atoms with Crippen molar-refractivity contribution < 1.29 is 14.3 Å². The summed E-state index contributed by atoms with van der Waals surface area (Å²) in [6, 6.07) is 7.21. The average Bonchev–Trinajstić information content (AvgIpc) is 2.45. The molecular weight excluding hydrogens is 266 g/mol. The maximum Gasteiger partial charge on any atom is 0.325 e. The number of rotatable bonds is 5. The zero-order chi connectivity index (χ0) is 13.5. The van der Waals surface area contributed by atoms with Crippen LogP contribution in [0.5, 0.6) is 0 Å². The summed E-state index contributed by atoms with van der Waals surface area (Å²) in [6.45, 7) is 2.20. The average molecular weight is 284 g/mol. The summed E-state index contributed by atoms with van der Waals surface area (Å²) in [7, 11) is 0. The van der Waals surface area contributed by atoms with E-state index in [-0.39, 0.29) is 12.5 Å². The van der Waals surface area contributed by atoms with Crippen LogP contribution in [0.25, 0.3) is 0 Å². The molecule has 0 saturated carbocycles. The molecule has 104 valence electrons. The number of ether oxygens (including phenoxy) is 2. The summed E-state index contributed by atoms with van der Waals surface area (Å²) in [5.74, 6) is 0.203. The number of halogens is 1. The van der Waals surface area contributed by atoms with Crippen molar-refractivity contribution in [3.63, 3.8) is 0 Å². The van der Waals surface area contributed by atoms with Gasteiger partial charge in [0, 0.05) is 23.9 Å². The molecule has 1 aromatic rings. The highest BCUT2D eigenvalue weighted by Gasteiger charge is 2.15. The normalized spacial score (nSPS) is 16.1. The first kappa shape index (κ1) is 14.2. The van der Waals surface area contributed by atoms with E-state index in [9.17, 15) is 4.79 Å². The van der Waals surface area contributed by atoms with Crippen LogP contribution in [0, 0.1) is 5.92 Å². The van der Waals surface area contributed by atoms with Gasteiger partial charge in [0.05, 0.1) is 6.61 Å². The second kappa shape index (κ2) is 7.36. The van der Waals surface area contributed by atoms with Gasteiger partial charge in [0.1, 0.15) is 6.54 Å². The van der Waals surface area contributed by atoms with Crippen LogP contribution in [0.4, 0.5) is 5.69 Å². The Morgan fingerprint density at radius 3 is 2.68 bits per heavy atom. The van der Waals surface area contributed by atoms with E-state index in [0.29, 0.717) is 17.5 Å². The Morgan fingerprint density at radius 1 is 1.32 bits per heavy atom. The molecule has 1 fully saturated rings. The van der Waals surface area contributed by atoms with Crippen molar-refractivity contribution in [3.8, 4) is 0 Å². The molecule has 0 radical (unpaired) electrons. The second-order valence-electron chi connectivity index (χ2n) is 4.60. The molecule has 0 amide bonds. The number of carbonyl (C=O) groups excluding carboxylic acids is 1. The maximum absolute atomic E-state index is 11.6. The first-order valence-corrected chi connectivity index (χ1v) is 6.84. The molecule has 0 aliphatic carbocycles. The molecule has 0 spiro atoms. The number of esters is 1. The van der Waals surface area contributed by atoms with Crippen LogP contribution in [0.2, 0.25) is 5.02 Å². The van der Waals surface area contributed by atoms with Crippen molar-refractivity contribution in [2.45, 2.75) is 12.8 Å². The fourth-order valence-corrected chi connectivity index (χ4v) is 2.04. The minimum Gasteiger partial charge on any atom is -0.464 e. The number of hydrogen-bond donors (Lipinski definition) is 1. The zero-order valence-electron chi connectivity index (χ0n) is 10.7. The zero-order valence-corrected chi connectivity index (χ0v) is 11.5. The predicted octanol–water partition coefficient (Wildman–Crippen LogP) is 2.72. The van der Waals surface area contributed by atoms with Gasteiger partial charge >= 0.3 is 5.97 Å². The van der Waals surface area contributed by atoms with Gasteiger partial charge in [-0.25, -0.2) is 0 Å². The van der Waals surface area contributed by atoms with Crippen LogP contribution in [-0.2, 0) is 14.3 Å². The Labute approximate surface area is 118 Å². The highest BCUT2D eigenvalue weighted by Crippen LogP contribution is 2.15. The summed E-state index contributed by atoms with van der Waals surface area (Å²) in [4.78, 5) is 11.6. The summed E-state index contributed by atoms with van der Waals surface area (Å²) in [5.41, 5.74) is 0.854. The largest absolute Gasteiger partial charge is 0.464 e. The van der Waals surface area contributed by atoms with Crippen molar-refractivity contribution in [3.05, 3.63) is 29.3 Å². The van der Waals surface area contributed by atoms with Crippen molar-refractivity contribution in [2.24, 2.45) is 5.92 Å². The van der Waals surface area contributed by atoms with Crippen molar-refractivity contribution in [1.29, 1.82) is 0 Å². The molecule has 1 aliphatic rings. The van der Waals surface area contributed by atoms with Gasteiger partial charge in [0.2, 0.25) is 0 Å². The van der Waals surface area contributed by atoms with Crippen LogP contribution in [-0.4, -0.2) is 32.3 Å². The lowest BCUT2D eigenvalue weighted by Crippen LogP contribution is -2.24. The number of hydrogen-bond acceptors (Lipinski definition) is 4. The third-order valence-corrected chi connectivity index (χ3v) is 3.35. The van der Waals surface area contributed by atoms with Gasteiger partial charge in [0.15, 0.2) is 0 Å². The Hall–Kier alpha value is -1.26. The van der Waals surface area contributed by atoms with E-state index < -0.39 is 0 Å². The second-order valence-corrected chi connectivity index (χ2v) is 5.04. The van der Waals surface area contributed by atoms with E-state index in [2.05, 4.69) is 5.32 Å². The van der Waals surface area contributed by atoms with Crippen molar-refractivity contribution in [1.82, 2.24) is 0 Å². The lowest BCUT2D eigenvalue weighted by molar-refractivity contribution is -0.143. The Bertz CT molecular complexity index is 402. The van der Waals surface area contributed by atoms with Gasteiger partial charge in [-0.1, -0.05) is 11.6 Å². The summed E-state index contributed by atoms with van der Waals surface area (Å²) >= 11 is 5.78. The van der Waals surface area contributed by atoms with Gasteiger partial charge in [-0.05, 0) is 43.0 Å². The molecule has 2 rings (SSSR count). The molecule has 0 bridgehead atoms. The van der Waals surface area contributed by atoms with E-state index in [1.165, 1.54) is 0 Å². The maximum atomic E-state index is 11.6. The molecule has 1 aliphatic heterocycles. The molecule has 0 aromatic heterocycles. The number of nitrogens with one attached hydrogen (secondary N) is 1. The van der Waals surface area contributed by atoms with E-state index in [1.807, 2.05) is 12.1 Å². The highest BCUT2D eigenvalue weighted by atomic mass is 35.5. The first-order chi connectivity index (χ1) is 9.24. The van der Waals surface area contributed by atoms with Gasteiger partial charge in [-0.3, -0.25) is 4.79 Å². The van der Waals surface area contributed by atoms with Gasteiger partial charge in [0.25, 0.3) is 0 Å². The van der Waals surface area contributed by atoms with Crippen molar-refractivity contribution >= 4 is 23.3 Å². The molecule has 0 unspecified atom stereocenters. The number of carbonyl (C=O) groups is 1. The molecule has 19 heavy (non-hydrogen) atoms. The monoisotopic (exact) mass is 283 g/mol.